The number of nitrogens with zero attached hydrogens (tertiary/aromatic N) is 3. The number of rotatable bonds is 9. The Morgan fingerprint density at radius 3 is 2.48 bits per heavy atom. The highest BCUT2D eigenvalue weighted by Crippen LogP contribution is 2.23. The van der Waals surface area contributed by atoms with E-state index in [1.807, 2.05) is 45.9 Å². The van der Waals surface area contributed by atoms with Crippen LogP contribution in [0.1, 0.15) is 31.4 Å². The lowest BCUT2D eigenvalue weighted by Crippen LogP contribution is -2.45. The molecule has 0 radical (unpaired) electrons. The number of carbonyl (C=O) groups excluding carboxylic acids is 2. The fourth-order valence-electron chi connectivity index (χ4n) is 2.77. The average Bonchev–Trinajstić information content (AvgIpc) is 2.50. The van der Waals surface area contributed by atoms with Gasteiger partial charge in [-0.3, -0.25) is 14.5 Å². The molecule has 136 valence electrons. The lowest BCUT2D eigenvalue weighted by molar-refractivity contribution is -0.122. The van der Waals surface area contributed by atoms with Crippen molar-refractivity contribution in [3.8, 4) is 6.07 Å². The summed E-state index contributed by atoms with van der Waals surface area (Å²) in [5.74, 6) is -0.282. The Labute approximate surface area is 150 Å². The molecule has 1 aromatic carbocycles. The minimum absolute atomic E-state index is 0.0445. The van der Waals surface area contributed by atoms with Crippen molar-refractivity contribution in [2.45, 2.75) is 34.1 Å². The predicted octanol–water partition coefficient (Wildman–Crippen LogP) is 1.99. The summed E-state index contributed by atoms with van der Waals surface area (Å²) in [6.45, 7) is 9.08. The molecular formula is C19H28N4O2. The van der Waals surface area contributed by atoms with Gasteiger partial charge in [0.15, 0.2) is 0 Å². The van der Waals surface area contributed by atoms with E-state index in [1.165, 1.54) is 0 Å². The van der Waals surface area contributed by atoms with Gasteiger partial charge in [0, 0.05) is 18.8 Å². The summed E-state index contributed by atoms with van der Waals surface area (Å²) in [4.78, 5) is 27.6. The molecule has 0 aromatic heterocycles. The molecule has 0 atom stereocenters. The van der Waals surface area contributed by atoms with Crippen LogP contribution in [0, 0.1) is 31.1 Å². The number of benzene rings is 1. The molecule has 0 aliphatic rings. The molecule has 0 spiro atoms. The molecule has 0 heterocycles. The number of carbonyl (C=O) groups is 2. The number of anilines is 1. The van der Waals surface area contributed by atoms with Crippen molar-refractivity contribution < 1.29 is 9.59 Å². The van der Waals surface area contributed by atoms with E-state index in [-0.39, 0.29) is 25.4 Å². The van der Waals surface area contributed by atoms with E-state index in [0.717, 1.165) is 16.8 Å². The van der Waals surface area contributed by atoms with E-state index >= 15 is 0 Å². The van der Waals surface area contributed by atoms with Crippen LogP contribution in [0.4, 0.5) is 5.69 Å². The van der Waals surface area contributed by atoms with Crippen LogP contribution in [-0.2, 0) is 9.59 Å². The van der Waals surface area contributed by atoms with E-state index in [1.54, 1.807) is 9.80 Å². The molecule has 1 rings (SSSR count). The highest BCUT2D eigenvalue weighted by Gasteiger charge is 2.22. The van der Waals surface area contributed by atoms with Gasteiger partial charge in [-0.2, -0.15) is 5.26 Å². The molecule has 0 bridgehead atoms. The monoisotopic (exact) mass is 344 g/mol. The van der Waals surface area contributed by atoms with Gasteiger partial charge in [-0.25, -0.2) is 0 Å². The van der Waals surface area contributed by atoms with Gasteiger partial charge in [0.05, 0.1) is 25.6 Å². The summed E-state index contributed by atoms with van der Waals surface area (Å²) >= 11 is 0. The predicted molar refractivity (Wildman–Crippen MR) is 99.0 cm³/mol. The van der Waals surface area contributed by atoms with E-state index in [4.69, 9.17) is 11.0 Å². The van der Waals surface area contributed by atoms with Crippen LogP contribution in [-0.4, -0.2) is 42.9 Å². The van der Waals surface area contributed by atoms with Crippen LogP contribution >= 0.6 is 0 Å². The zero-order valence-electron chi connectivity index (χ0n) is 15.6. The quantitative estimate of drug-likeness (QED) is 0.742. The second-order valence-electron chi connectivity index (χ2n) is 6.70. The number of aryl methyl sites for hydroxylation is 1. The Morgan fingerprint density at radius 1 is 1.24 bits per heavy atom. The molecule has 0 aliphatic carbocycles. The molecule has 2 N–H and O–H groups in total. The van der Waals surface area contributed by atoms with E-state index < -0.39 is 5.91 Å². The smallest absolute Gasteiger partial charge is 0.241 e. The Balaban J connectivity index is 3.04. The maximum absolute atomic E-state index is 12.9. The van der Waals surface area contributed by atoms with Crippen molar-refractivity contribution in [3.05, 3.63) is 29.3 Å². The normalized spacial score (nSPS) is 10.8. The molecule has 2 amide bonds. The zero-order valence-corrected chi connectivity index (χ0v) is 15.6. The van der Waals surface area contributed by atoms with E-state index in [0.29, 0.717) is 19.0 Å². The summed E-state index contributed by atoms with van der Waals surface area (Å²) < 4.78 is 0. The molecule has 25 heavy (non-hydrogen) atoms. The number of hydrogen-bond donors (Lipinski definition) is 1. The van der Waals surface area contributed by atoms with Gasteiger partial charge in [0.1, 0.15) is 0 Å². The summed E-state index contributed by atoms with van der Waals surface area (Å²) in [5, 5.41) is 8.93. The third-order valence-electron chi connectivity index (χ3n) is 3.98. The molecule has 0 aliphatic heterocycles. The molecule has 6 heteroatoms. The third-order valence-corrected chi connectivity index (χ3v) is 3.98. The van der Waals surface area contributed by atoms with Gasteiger partial charge < -0.3 is 10.6 Å². The van der Waals surface area contributed by atoms with Crippen LogP contribution in [0.5, 0.6) is 0 Å². The topological polar surface area (TPSA) is 90.4 Å². The molecule has 0 fully saturated rings. The first-order valence-corrected chi connectivity index (χ1v) is 8.50. The first kappa shape index (κ1) is 20.7. The molecule has 0 unspecified atom stereocenters. The van der Waals surface area contributed by atoms with Crippen LogP contribution < -0.4 is 10.6 Å². The highest BCUT2D eigenvalue weighted by atomic mass is 16.2. The molecule has 1 aromatic rings. The van der Waals surface area contributed by atoms with Crippen molar-refractivity contribution >= 4 is 17.5 Å². The first-order valence-electron chi connectivity index (χ1n) is 8.50. The number of amides is 2. The van der Waals surface area contributed by atoms with Crippen molar-refractivity contribution in [2.75, 3.05) is 31.1 Å². The van der Waals surface area contributed by atoms with Crippen LogP contribution in [0.2, 0.25) is 0 Å². The SMILES string of the molecule is Cc1cccc(N(CCC#N)C(=O)CN(CC(N)=O)CC(C)C)c1C. The number of hydrogen-bond acceptors (Lipinski definition) is 4. The molecular weight excluding hydrogens is 316 g/mol. The first-order chi connectivity index (χ1) is 11.8. The van der Waals surface area contributed by atoms with Crippen LogP contribution in [0.3, 0.4) is 0 Å². The van der Waals surface area contributed by atoms with E-state index in [9.17, 15) is 9.59 Å². The van der Waals surface area contributed by atoms with Gasteiger partial charge in [0.25, 0.3) is 0 Å². The zero-order chi connectivity index (χ0) is 19.0. The van der Waals surface area contributed by atoms with Crippen molar-refractivity contribution in [1.29, 1.82) is 5.26 Å². The Morgan fingerprint density at radius 2 is 1.92 bits per heavy atom. The lowest BCUT2D eigenvalue weighted by Gasteiger charge is -2.28. The Hall–Kier alpha value is -2.39. The largest absolute Gasteiger partial charge is 0.369 e. The second kappa shape index (κ2) is 9.80. The maximum Gasteiger partial charge on any atom is 0.241 e. The fourth-order valence-corrected chi connectivity index (χ4v) is 2.77. The minimum Gasteiger partial charge on any atom is -0.369 e. The van der Waals surface area contributed by atoms with E-state index in [2.05, 4.69) is 6.07 Å². The summed E-state index contributed by atoms with van der Waals surface area (Å²) in [7, 11) is 0. The fraction of sp³-hybridized carbons (Fsp3) is 0.526. The highest BCUT2D eigenvalue weighted by molar-refractivity contribution is 5.96. The summed E-state index contributed by atoms with van der Waals surface area (Å²) in [6.07, 6.45) is 0.249. The summed E-state index contributed by atoms with van der Waals surface area (Å²) in [6, 6.07) is 7.87. The second-order valence-corrected chi connectivity index (χ2v) is 6.70. The molecule has 6 nitrogen and oxygen atoms in total. The maximum atomic E-state index is 12.9. The minimum atomic E-state index is -0.455. The van der Waals surface area contributed by atoms with Gasteiger partial charge in [-0.1, -0.05) is 26.0 Å². The number of nitrogens with two attached hydrogens (primary N) is 1. The third kappa shape index (κ3) is 6.55. The number of nitriles is 1. The standard InChI is InChI=1S/C19H28N4O2/c1-14(2)11-22(12-18(21)24)13-19(25)23(10-6-9-20)17-8-5-7-15(3)16(17)4/h5,7-8,14H,6,10-13H2,1-4H3,(H2,21,24). The van der Waals surface area contributed by atoms with Gasteiger partial charge in [0.2, 0.25) is 11.8 Å². The Bertz CT molecular complexity index is 649. The van der Waals surface area contributed by atoms with Gasteiger partial charge in [-0.05, 0) is 37.0 Å². The van der Waals surface area contributed by atoms with Gasteiger partial charge in [-0.15, -0.1) is 0 Å². The van der Waals surface area contributed by atoms with Crippen molar-refractivity contribution in [2.24, 2.45) is 11.7 Å². The van der Waals surface area contributed by atoms with Gasteiger partial charge >= 0.3 is 0 Å². The number of primary amides is 1. The lowest BCUT2D eigenvalue weighted by atomic mass is 10.1. The van der Waals surface area contributed by atoms with Crippen molar-refractivity contribution in [3.63, 3.8) is 0 Å². The van der Waals surface area contributed by atoms with Crippen LogP contribution in [0.15, 0.2) is 18.2 Å². The van der Waals surface area contributed by atoms with Crippen molar-refractivity contribution in [1.82, 2.24) is 4.90 Å². The molecule has 0 saturated heterocycles. The summed E-state index contributed by atoms with van der Waals surface area (Å²) in [5.41, 5.74) is 8.22. The Kier molecular flexibility index (Phi) is 8.09. The van der Waals surface area contributed by atoms with Crippen LogP contribution in [0.25, 0.3) is 0 Å². The molecule has 0 saturated carbocycles. The average molecular weight is 344 g/mol.